The molecule has 0 bridgehead atoms. The number of carbonyl (C=O) groups excluding carboxylic acids is 1. The van der Waals surface area contributed by atoms with Gasteiger partial charge in [-0.15, -0.1) is 0 Å². The maximum atomic E-state index is 13.4. The van der Waals surface area contributed by atoms with Crippen LogP contribution in [0.1, 0.15) is 11.1 Å². The number of nitrogens with zero attached hydrogens (tertiary/aromatic N) is 1. The van der Waals surface area contributed by atoms with Crippen molar-refractivity contribution in [3.63, 3.8) is 0 Å². The second-order valence-corrected chi connectivity index (χ2v) is 5.02. The van der Waals surface area contributed by atoms with Gasteiger partial charge in [-0.3, -0.25) is 9.78 Å². The highest BCUT2D eigenvalue weighted by Gasteiger charge is 2.09. The molecule has 1 N–H and O–H groups in total. The summed E-state index contributed by atoms with van der Waals surface area (Å²) in [6.45, 7) is 1.81. The topological polar surface area (TPSA) is 42.0 Å². The molecule has 98 valence electrons. The highest BCUT2D eigenvalue weighted by atomic mass is 79.9. The van der Waals surface area contributed by atoms with E-state index >= 15 is 0 Å². The van der Waals surface area contributed by atoms with Crippen LogP contribution in [0.3, 0.4) is 0 Å². The summed E-state index contributed by atoms with van der Waals surface area (Å²) in [6.07, 6.45) is 3.50. The average Bonchev–Trinajstić information content (AvgIpc) is 2.37. The summed E-state index contributed by atoms with van der Waals surface area (Å²) in [5, 5.41) is 2.70. The lowest BCUT2D eigenvalue weighted by molar-refractivity contribution is -0.115. The molecule has 0 aliphatic heterocycles. The predicted octanol–water partition coefficient (Wildman–Crippen LogP) is 3.47. The Kier molecular flexibility index (Phi) is 4.27. The molecule has 0 saturated carbocycles. The van der Waals surface area contributed by atoms with E-state index in [4.69, 9.17) is 0 Å². The summed E-state index contributed by atoms with van der Waals surface area (Å²) in [7, 11) is 0. The lowest BCUT2D eigenvalue weighted by Gasteiger charge is -2.09. The minimum Gasteiger partial charge on any atom is -0.325 e. The second-order valence-electron chi connectivity index (χ2n) is 4.17. The number of nitrogens with one attached hydrogen (secondary N) is 1. The first kappa shape index (κ1) is 13.7. The fourth-order valence-electron chi connectivity index (χ4n) is 1.66. The zero-order chi connectivity index (χ0) is 13.8. The number of hydrogen-bond acceptors (Lipinski definition) is 2. The SMILES string of the molecule is Cc1cc(Br)c(F)cc1NC(=O)Cc1cccnc1. The molecule has 0 fully saturated rings. The van der Waals surface area contributed by atoms with E-state index in [1.54, 1.807) is 24.5 Å². The van der Waals surface area contributed by atoms with Gasteiger partial charge in [0, 0.05) is 18.1 Å². The van der Waals surface area contributed by atoms with Crippen molar-refractivity contribution < 1.29 is 9.18 Å². The number of pyridine rings is 1. The third-order valence-electron chi connectivity index (χ3n) is 2.63. The molecule has 2 aromatic rings. The molecule has 0 saturated heterocycles. The van der Waals surface area contributed by atoms with Crippen molar-refractivity contribution in [2.75, 3.05) is 5.32 Å². The standard InChI is InChI=1S/C14H12BrFN2O/c1-9-5-11(15)12(16)7-13(9)18-14(19)6-10-3-2-4-17-8-10/h2-5,7-8H,6H2,1H3,(H,18,19). The van der Waals surface area contributed by atoms with Gasteiger partial charge in [0.05, 0.1) is 10.9 Å². The van der Waals surface area contributed by atoms with Gasteiger partial charge in [0.2, 0.25) is 5.91 Å². The van der Waals surface area contributed by atoms with Gasteiger partial charge in [-0.05, 0) is 52.2 Å². The van der Waals surface area contributed by atoms with Crippen LogP contribution in [0.4, 0.5) is 10.1 Å². The zero-order valence-electron chi connectivity index (χ0n) is 10.3. The molecule has 1 amide bonds. The molecule has 19 heavy (non-hydrogen) atoms. The number of benzene rings is 1. The monoisotopic (exact) mass is 322 g/mol. The van der Waals surface area contributed by atoms with Crippen LogP contribution in [-0.2, 0) is 11.2 Å². The first-order chi connectivity index (χ1) is 9.06. The number of rotatable bonds is 3. The van der Waals surface area contributed by atoms with Crippen molar-refractivity contribution in [3.8, 4) is 0 Å². The summed E-state index contributed by atoms with van der Waals surface area (Å²) in [4.78, 5) is 15.8. The van der Waals surface area contributed by atoms with E-state index in [1.165, 1.54) is 6.07 Å². The van der Waals surface area contributed by atoms with Gasteiger partial charge in [-0.2, -0.15) is 0 Å². The molecule has 1 heterocycles. The van der Waals surface area contributed by atoms with Crippen molar-refractivity contribution in [3.05, 3.63) is 58.1 Å². The van der Waals surface area contributed by atoms with Crippen LogP contribution in [0.15, 0.2) is 41.1 Å². The number of anilines is 1. The lowest BCUT2D eigenvalue weighted by Crippen LogP contribution is -2.15. The molecule has 0 spiro atoms. The quantitative estimate of drug-likeness (QED) is 0.940. The molecular weight excluding hydrogens is 311 g/mol. The van der Waals surface area contributed by atoms with Crippen LogP contribution in [-0.4, -0.2) is 10.9 Å². The average molecular weight is 323 g/mol. The smallest absolute Gasteiger partial charge is 0.228 e. The Balaban J connectivity index is 2.09. The normalized spacial score (nSPS) is 10.3. The number of aryl methyl sites for hydroxylation is 1. The maximum absolute atomic E-state index is 13.4. The highest BCUT2D eigenvalue weighted by molar-refractivity contribution is 9.10. The molecule has 1 aromatic carbocycles. The third-order valence-corrected chi connectivity index (χ3v) is 3.24. The molecule has 0 unspecified atom stereocenters. The van der Waals surface area contributed by atoms with E-state index in [9.17, 15) is 9.18 Å². The van der Waals surface area contributed by atoms with Crippen LogP contribution < -0.4 is 5.32 Å². The van der Waals surface area contributed by atoms with E-state index in [0.29, 0.717) is 10.2 Å². The summed E-state index contributed by atoms with van der Waals surface area (Å²) in [5.74, 6) is -0.597. The Morgan fingerprint density at radius 3 is 2.95 bits per heavy atom. The molecule has 0 aliphatic rings. The molecular formula is C14H12BrFN2O. The van der Waals surface area contributed by atoms with Gasteiger partial charge in [0.25, 0.3) is 0 Å². The number of halogens is 2. The van der Waals surface area contributed by atoms with E-state index in [1.807, 2.05) is 13.0 Å². The van der Waals surface area contributed by atoms with Gasteiger partial charge >= 0.3 is 0 Å². The number of hydrogen-bond donors (Lipinski definition) is 1. The van der Waals surface area contributed by atoms with Gasteiger partial charge < -0.3 is 5.32 Å². The van der Waals surface area contributed by atoms with Crippen molar-refractivity contribution in [2.45, 2.75) is 13.3 Å². The largest absolute Gasteiger partial charge is 0.325 e. The Labute approximate surface area is 119 Å². The Bertz CT molecular complexity index is 602. The number of aromatic nitrogens is 1. The van der Waals surface area contributed by atoms with Crippen LogP contribution in [0.5, 0.6) is 0 Å². The summed E-state index contributed by atoms with van der Waals surface area (Å²) in [5.41, 5.74) is 2.10. The predicted molar refractivity (Wildman–Crippen MR) is 75.4 cm³/mol. The zero-order valence-corrected chi connectivity index (χ0v) is 11.9. The minimum absolute atomic E-state index is 0.196. The van der Waals surface area contributed by atoms with E-state index in [-0.39, 0.29) is 12.3 Å². The summed E-state index contributed by atoms with van der Waals surface area (Å²) < 4.78 is 13.8. The molecule has 1 aromatic heterocycles. The Hall–Kier alpha value is -1.75. The van der Waals surface area contributed by atoms with Crippen molar-refractivity contribution >= 4 is 27.5 Å². The highest BCUT2D eigenvalue weighted by Crippen LogP contribution is 2.24. The van der Waals surface area contributed by atoms with Gasteiger partial charge in [-0.1, -0.05) is 6.07 Å². The second kappa shape index (κ2) is 5.93. The van der Waals surface area contributed by atoms with Crippen LogP contribution in [0.25, 0.3) is 0 Å². The third kappa shape index (κ3) is 3.61. The van der Waals surface area contributed by atoms with Gasteiger partial charge in [0.15, 0.2) is 0 Å². The Morgan fingerprint density at radius 2 is 2.26 bits per heavy atom. The molecule has 2 rings (SSSR count). The van der Waals surface area contributed by atoms with Gasteiger partial charge in [-0.25, -0.2) is 4.39 Å². The minimum atomic E-state index is -0.401. The summed E-state index contributed by atoms with van der Waals surface area (Å²) >= 11 is 3.10. The van der Waals surface area contributed by atoms with Crippen LogP contribution >= 0.6 is 15.9 Å². The van der Waals surface area contributed by atoms with Gasteiger partial charge in [0.1, 0.15) is 5.82 Å². The molecule has 5 heteroatoms. The maximum Gasteiger partial charge on any atom is 0.228 e. The molecule has 0 radical (unpaired) electrons. The first-order valence-corrected chi connectivity index (χ1v) is 6.50. The number of carbonyl (C=O) groups is 1. The fourth-order valence-corrected chi connectivity index (χ4v) is 2.12. The lowest BCUT2D eigenvalue weighted by atomic mass is 10.1. The first-order valence-electron chi connectivity index (χ1n) is 5.70. The van der Waals surface area contributed by atoms with Crippen molar-refractivity contribution in [1.82, 2.24) is 4.98 Å². The van der Waals surface area contributed by atoms with Crippen molar-refractivity contribution in [2.24, 2.45) is 0 Å². The Morgan fingerprint density at radius 1 is 1.47 bits per heavy atom. The number of amides is 1. The van der Waals surface area contributed by atoms with E-state index < -0.39 is 5.82 Å². The molecule has 0 aliphatic carbocycles. The van der Waals surface area contributed by atoms with Crippen LogP contribution in [0, 0.1) is 12.7 Å². The van der Waals surface area contributed by atoms with Crippen LogP contribution in [0.2, 0.25) is 0 Å². The van der Waals surface area contributed by atoms with E-state index in [0.717, 1.165) is 11.1 Å². The van der Waals surface area contributed by atoms with E-state index in [2.05, 4.69) is 26.2 Å². The fraction of sp³-hybridized carbons (Fsp3) is 0.143. The van der Waals surface area contributed by atoms with Crippen molar-refractivity contribution in [1.29, 1.82) is 0 Å². The molecule has 3 nitrogen and oxygen atoms in total. The molecule has 0 atom stereocenters. The summed E-state index contributed by atoms with van der Waals surface area (Å²) in [6, 6.07) is 6.53.